The molecule has 0 saturated heterocycles. The SMILES string of the molecule is Cc1ccc(Br)nc1CCl. The first kappa shape index (κ1) is 8.02. The van der Waals surface area contributed by atoms with Crippen molar-refractivity contribution < 1.29 is 0 Å². The molecule has 54 valence electrons. The van der Waals surface area contributed by atoms with Gasteiger partial charge in [0.1, 0.15) is 4.60 Å². The van der Waals surface area contributed by atoms with Crippen LogP contribution in [0.15, 0.2) is 16.7 Å². The Morgan fingerprint density at radius 2 is 2.30 bits per heavy atom. The van der Waals surface area contributed by atoms with Crippen LogP contribution in [0.2, 0.25) is 0 Å². The van der Waals surface area contributed by atoms with Crippen LogP contribution in [-0.4, -0.2) is 4.98 Å². The third-order valence-corrected chi connectivity index (χ3v) is 1.99. The van der Waals surface area contributed by atoms with Gasteiger partial charge in [0.05, 0.1) is 11.6 Å². The molecule has 0 aliphatic rings. The molecule has 1 nitrogen and oxygen atoms in total. The van der Waals surface area contributed by atoms with E-state index in [1.54, 1.807) is 0 Å². The summed E-state index contributed by atoms with van der Waals surface area (Å²) in [6.45, 7) is 2.00. The monoisotopic (exact) mass is 219 g/mol. The summed E-state index contributed by atoms with van der Waals surface area (Å²) in [7, 11) is 0. The van der Waals surface area contributed by atoms with E-state index in [4.69, 9.17) is 11.6 Å². The van der Waals surface area contributed by atoms with Crippen molar-refractivity contribution in [1.82, 2.24) is 4.98 Å². The minimum Gasteiger partial charge on any atom is -0.244 e. The van der Waals surface area contributed by atoms with Crippen LogP contribution in [-0.2, 0) is 5.88 Å². The van der Waals surface area contributed by atoms with Gasteiger partial charge in [-0.1, -0.05) is 6.07 Å². The molecule has 1 aromatic heterocycles. The second-order valence-electron chi connectivity index (χ2n) is 2.03. The first-order valence-corrected chi connectivity index (χ1v) is 4.25. The maximum Gasteiger partial charge on any atom is 0.106 e. The van der Waals surface area contributed by atoms with Gasteiger partial charge < -0.3 is 0 Å². The first-order valence-electron chi connectivity index (χ1n) is 2.92. The minimum atomic E-state index is 0.477. The van der Waals surface area contributed by atoms with E-state index >= 15 is 0 Å². The maximum atomic E-state index is 5.62. The smallest absolute Gasteiger partial charge is 0.106 e. The molecular weight excluding hydrogens is 213 g/mol. The zero-order valence-electron chi connectivity index (χ0n) is 5.56. The molecule has 0 spiro atoms. The van der Waals surface area contributed by atoms with Gasteiger partial charge in [-0.25, -0.2) is 4.98 Å². The Morgan fingerprint density at radius 3 is 2.80 bits per heavy atom. The van der Waals surface area contributed by atoms with E-state index in [1.807, 2.05) is 19.1 Å². The predicted octanol–water partition coefficient (Wildman–Crippen LogP) is 2.89. The summed E-state index contributed by atoms with van der Waals surface area (Å²) in [6.07, 6.45) is 0. The van der Waals surface area contributed by atoms with Crippen molar-refractivity contribution in [3.05, 3.63) is 28.0 Å². The largest absolute Gasteiger partial charge is 0.244 e. The molecule has 0 amide bonds. The van der Waals surface area contributed by atoms with Crippen LogP contribution in [0, 0.1) is 6.92 Å². The summed E-state index contributed by atoms with van der Waals surface area (Å²) in [5.41, 5.74) is 2.08. The molecule has 0 aromatic carbocycles. The third-order valence-electron chi connectivity index (χ3n) is 1.29. The number of pyridine rings is 1. The van der Waals surface area contributed by atoms with Crippen molar-refractivity contribution in [2.24, 2.45) is 0 Å². The van der Waals surface area contributed by atoms with Crippen LogP contribution >= 0.6 is 27.5 Å². The molecule has 0 aliphatic carbocycles. The lowest BCUT2D eigenvalue weighted by Gasteiger charge is -1.99. The highest BCUT2D eigenvalue weighted by atomic mass is 79.9. The van der Waals surface area contributed by atoms with Gasteiger partial charge in [0.25, 0.3) is 0 Å². The van der Waals surface area contributed by atoms with Gasteiger partial charge in [-0.05, 0) is 34.5 Å². The topological polar surface area (TPSA) is 12.9 Å². The van der Waals surface area contributed by atoms with E-state index in [2.05, 4.69) is 20.9 Å². The van der Waals surface area contributed by atoms with E-state index in [1.165, 1.54) is 0 Å². The van der Waals surface area contributed by atoms with Crippen molar-refractivity contribution in [1.29, 1.82) is 0 Å². The van der Waals surface area contributed by atoms with Gasteiger partial charge in [0.2, 0.25) is 0 Å². The highest BCUT2D eigenvalue weighted by Crippen LogP contribution is 2.12. The summed E-state index contributed by atoms with van der Waals surface area (Å²) in [4.78, 5) is 4.18. The predicted molar refractivity (Wildman–Crippen MR) is 46.2 cm³/mol. The number of aryl methyl sites for hydroxylation is 1. The molecule has 0 N–H and O–H groups in total. The fraction of sp³-hybridized carbons (Fsp3) is 0.286. The lowest BCUT2D eigenvalue weighted by atomic mass is 10.2. The highest BCUT2D eigenvalue weighted by molar-refractivity contribution is 9.10. The van der Waals surface area contributed by atoms with Crippen molar-refractivity contribution >= 4 is 27.5 Å². The molecule has 0 aliphatic heterocycles. The number of hydrogen-bond acceptors (Lipinski definition) is 1. The molecule has 0 atom stereocenters. The maximum absolute atomic E-state index is 5.62. The molecule has 0 radical (unpaired) electrons. The third kappa shape index (κ3) is 1.70. The standard InChI is InChI=1S/C7H7BrClN/c1-5-2-3-7(8)10-6(5)4-9/h2-3H,4H2,1H3. The van der Waals surface area contributed by atoms with Crippen LogP contribution in [0.25, 0.3) is 0 Å². The lowest BCUT2D eigenvalue weighted by molar-refractivity contribution is 1.10. The summed E-state index contributed by atoms with van der Waals surface area (Å²) in [5.74, 6) is 0.477. The molecular formula is C7H7BrClN. The molecule has 1 aromatic rings. The average Bonchev–Trinajstić information content (AvgIpc) is 1.94. The number of rotatable bonds is 1. The quantitative estimate of drug-likeness (QED) is 0.524. The zero-order chi connectivity index (χ0) is 7.56. The van der Waals surface area contributed by atoms with Gasteiger partial charge in [0, 0.05) is 0 Å². The Balaban J connectivity index is 3.09. The number of halogens is 2. The highest BCUT2D eigenvalue weighted by Gasteiger charge is 1.97. The van der Waals surface area contributed by atoms with Gasteiger partial charge in [-0.2, -0.15) is 0 Å². The normalized spacial score (nSPS) is 9.90. The second kappa shape index (κ2) is 3.35. The fourth-order valence-electron chi connectivity index (χ4n) is 0.680. The molecule has 0 fully saturated rings. The van der Waals surface area contributed by atoms with Gasteiger partial charge in [-0.3, -0.25) is 0 Å². The Kier molecular flexibility index (Phi) is 2.69. The van der Waals surface area contributed by atoms with Crippen molar-refractivity contribution in [2.45, 2.75) is 12.8 Å². The van der Waals surface area contributed by atoms with Crippen LogP contribution in [0.4, 0.5) is 0 Å². The van der Waals surface area contributed by atoms with E-state index in [0.717, 1.165) is 15.9 Å². The summed E-state index contributed by atoms with van der Waals surface area (Å²) in [5, 5.41) is 0. The van der Waals surface area contributed by atoms with E-state index in [-0.39, 0.29) is 0 Å². The van der Waals surface area contributed by atoms with Crippen LogP contribution in [0.3, 0.4) is 0 Å². The Morgan fingerprint density at radius 1 is 1.60 bits per heavy atom. The Hall–Kier alpha value is -0.0800. The Labute approximate surface area is 73.6 Å². The van der Waals surface area contributed by atoms with Crippen LogP contribution in [0.1, 0.15) is 11.3 Å². The van der Waals surface area contributed by atoms with E-state index in [0.29, 0.717) is 5.88 Å². The molecule has 0 bridgehead atoms. The van der Waals surface area contributed by atoms with Crippen molar-refractivity contribution in [2.75, 3.05) is 0 Å². The van der Waals surface area contributed by atoms with Gasteiger partial charge in [0.15, 0.2) is 0 Å². The van der Waals surface area contributed by atoms with Crippen molar-refractivity contribution in [3.63, 3.8) is 0 Å². The van der Waals surface area contributed by atoms with Gasteiger partial charge >= 0.3 is 0 Å². The van der Waals surface area contributed by atoms with E-state index < -0.39 is 0 Å². The fourth-order valence-corrected chi connectivity index (χ4v) is 1.30. The van der Waals surface area contributed by atoms with Crippen LogP contribution < -0.4 is 0 Å². The number of aromatic nitrogens is 1. The number of nitrogens with zero attached hydrogens (tertiary/aromatic N) is 1. The molecule has 0 unspecified atom stereocenters. The molecule has 1 heterocycles. The number of alkyl halides is 1. The van der Waals surface area contributed by atoms with Crippen molar-refractivity contribution in [3.8, 4) is 0 Å². The summed E-state index contributed by atoms with van der Waals surface area (Å²) >= 11 is 8.89. The number of hydrogen-bond donors (Lipinski definition) is 0. The molecule has 10 heavy (non-hydrogen) atoms. The molecule has 3 heteroatoms. The summed E-state index contributed by atoms with van der Waals surface area (Å²) < 4.78 is 0.841. The van der Waals surface area contributed by atoms with E-state index in [9.17, 15) is 0 Å². The summed E-state index contributed by atoms with van der Waals surface area (Å²) in [6, 6.07) is 3.90. The zero-order valence-corrected chi connectivity index (χ0v) is 7.91. The van der Waals surface area contributed by atoms with Crippen LogP contribution in [0.5, 0.6) is 0 Å². The minimum absolute atomic E-state index is 0.477. The molecule has 1 rings (SSSR count). The van der Waals surface area contributed by atoms with Gasteiger partial charge in [-0.15, -0.1) is 11.6 Å². The average molecular weight is 220 g/mol. The Bertz CT molecular complexity index is 237. The lowest BCUT2D eigenvalue weighted by Crippen LogP contribution is -1.89. The second-order valence-corrected chi connectivity index (χ2v) is 3.11. The molecule has 0 saturated carbocycles. The first-order chi connectivity index (χ1) is 4.74.